The number of rotatable bonds is 3. The SMILES string of the molecule is CC(C)n1nccc1-c1cn2c(n1)-c1cnc(N3CCCC3)cc1OCC2. The number of imidazole rings is 1. The van der Waals surface area contributed by atoms with Gasteiger partial charge in [-0.2, -0.15) is 5.10 Å². The predicted octanol–water partition coefficient (Wildman–Crippen LogP) is 3.38. The quantitative estimate of drug-likeness (QED) is 0.713. The van der Waals surface area contributed by atoms with Gasteiger partial charge < -0.3 is 14.2 Å². The highest BCUT2D eigenvalue weighted by atomic mass is 16.5. The Kier molecular flexibility index (Phi) is 3.88. The van der Waals surface area contributed by atoms with Crippen LogP contribution in [0.15, 0.2) is 30.7 Å². The summed E-state index contributed by atoms with van der Waals surface area (Å²) in [5.41, 5.74) is 2.93. The summed E-state index contributed by atoms with van der Waals surface area (Å²) >= 11 is 0. The largest absolute Gasteiger partial charge is 0.491 e. The van der Waals surface area contributed by atoms with E-state index < -0.39 is 0 Å². The van der Waals surface area contributed by atoms with E-state index in [2.05, 4.69) is 40.7 Å². The Bertz CT molecular complexity index is 967. The number of aromatic nitrogens is 5. The molecule has 0 bridgehead atoms. The van der Waals surface area contributed by atoms with Gasteiger partial charge in [-0.1, -0.05) is 0 Å². The zero-order chi connectivity index (χ0) is 18.4. The van der Waals surface area contributed by atoms with Crippen molar-refractivity contribution in [2.24, 2.45) is 0 Å². The van der Waals surface area contributed by atoms with Crippen LogP contribution in [0.1, 0.15) is 32.7 Å². The molecule has 0 unspecified atom stereocenters. The number of pyridine rings is 1. The lowest BCUT2D eigenvalue weighted by atomic mass is 10.2. The van der Waals surface area contributed by atoms with E-state index in [0.717, 1.165) is 54.0 Å². The van der Waals surface area contributed by atoms with Crippen LogP contribution in [0.5, 0.6) is 5.75 Å². The van der Waals surface area contributed by atoms with E-state index in [1.165, 1.54) is 12.8 Å². The molecule has 5 rings (SSSR count). The molecule has 0 amide bonds. The summed E-state index contributed by atoms with van der Waals surface area (Å²) in [7, 11) is 0. The molecule has 7 nitrogen and oxygen atoms in total. The first-order valence-corrected chi connectivity index (χ1v) is 9.70. The molecular weight excluding hydrogens is 340 g/mol. The lowest BCUT2D eigenvalue weighted by Crippen LogP contribution is -2.18. The van der Waals surface area contributed by atoms with Crippen LogP contribution in [0.3, 0.4) is 0 Å². The van der Waals surface area contributed by atoms with Crippen molar-refractivity contribution in [2.75, 3.05) is 24.6 Å². The normalized spacial score (nSPS) is 16.2. The number of nitrogens with zero attached hydrogens (tertiary/aromatic N) is 6. The molecule has 27 heavy (non-hydrogen) atoms. The summed E-state index contributed by atoms with van der Waals surface area (Å²) in [6.45, 7) is 7.80. The van der Waals surface area contributed by atoms with Crippen molar-refractivity contribution in [1.82, 2.24) is 24.3 Å². The summed E-state index contributed by atoms with van der Waals surface area (Å²) in [6.07, 6.45) is 8.31. The Balaban J connectivity index is 1.56. The minimum Gasteiger partial charge on any atom is -0.491 e. The smallest absolute Gasteiger partial charge is 0.146 e. The fraction of sp³-hybridized carbons (Fsp3) is 0.450. The number of hydrogen-bond donors (Lipinski definition) is 0. The monoisotopic (exact) mass is 364 g/mol. The van der Waals surface area contributed by atoms with Crippen LogP contribution in [0, 0.1) is 0 Å². The maximum absolute atomic E-state index is 6.04. The second kappa shape index (κ2) is 6.40. The van der Waals surface area contributed by atoms with Crippen molar-refractivity contribution in [3.05, 3.63) is 30.7 Å². The van der Waals surface area contributed by atoms with Gasteiger partial charge >= 0.3 is 0 Å². The Hall–Kier alpha value is -2.83. The Morgan fingerprint density at radius 1 is 1.15 bits per heavy atom. The summed E-state index contributed by atoms with van der Waals surface area (Å²) in [6, 6.07) is 4.38. The molecule has 0 aliphatic carbocycles. The fourth-order valence-electron chi connectivity index (χ4n) is 3.94. The molecule has 0 atom stereocenters. The molecule has 5 heterocycles. The first-order valence-electron chi connectivity index (χ1n) is 9.70. The van der Waals surface area contributed by atoms with Crippen molar-refractivity contribution in [1.29, 1.82) is 0 Å². The van der Waals surface area contributed by atoms with Gasteiger partial charge in [-0.05, 0) is 32.8 Å². The van der Waals surface area contributed by atoms with Crippen LogP contribution >= 0.6 is 0 Å². The van der Waals surface area contributed by atoms with Crippen LogP contribution in [-0.2, 0) is 6.54 Å². The molecule has 1 saturated heterocycles. The van der Waals surface area contributed by atoms with E-state index in [0.29, 0.717) is 6.61 Å². The predicted molar refractivity (Wildman–Crippen MR) is 104 cm³/mol. The molecule has 0 aromatic carbocycles. The van der Waals surface area contributed by atoms with Gasteiger partial charge in [-0.15, -0.1) is 0 Å². The van der Waals surface area contributed by atoms with E-state index in [1.807, 2.05) is 23.1 Å². The first kappa shape index (κ1) is 16.4. The third-order valence-corrected chi connectivity index (χ3v) is 5.31. The number of fused-ring (bicyclic) bond motifs is 3. The zero-order valence-electron chi connectivity index (χ0n) is 15.8. The van der Waals surface area contributed by atoms with Gasteiger partial charge in [0.2, 0.25) is 0 Å². The Labute approximate surface area is 158 Å². The van der Waals surface area contributed by atoms with Gasteiger partial charge in [0.05, 0.1) is 17.8 Å². The average Bonchev–Trinajstić information content (AvgIpc) is 3.40. The molecule has 0 saturated carbocycles. The summed E-state index contributed by atoms with van der Waals surface area (Å²) in [4.78, 5) is 12.0. The van der Waals surface area contributed by atoms with Crippen molar-refractivity contribution in [3.63, 3.8) is 0 Å². The fourth-order valence-corrected chi connectivity index (χ4v) is 3.94. The Morgan fingerprint density at radius 2 is 2.00 bits per heavy atom. The lowest BCUT2D eigenvalue weighted by Gasteiger charge is -2.17. The van der Waals surface area contributed by atoms with Gasteiger partial charge in [-0.3, -0.25) is 4.68 Å². The molecule has 140 valence electrons. The topological polar surface area (TPSA) is 61.0 Å². The highest BCUT2D eigenvalue weighted by Crippen LogP contribution is 2.36. The Morgan fingerprint density at radius 3 is 2.81 bits per heavy atom. The van der Waals surface area contributed by atoms with Crippen LogP contribution in [0.2, 0.25) is 0 Å². The minimum absolute atomic E-state index is 0.289. The molecular formula is C20H24N6O. The standard InChI is InChI=1S/C20H24N6O/c1-14(2)26-17(5-6-22-26)16-13-25-9-10-27-18-11-19(24-7-3-4-8-24)21-12-15(18)20(25)23-16/h5-6,11-14H,3-4,7-10H2,1-2H3. The maximum Gasteiger partial charge on any atom is 0.146 e. The van der Waals surface area contributed by atoms with E-state index in [9.17, 15) is 0 Å². The van der Waals surface area contributed by atoms with Crippen molar-refractivity contribution in [3.8, 4) is 28.5 Å². The van der Waals surface area contributed by atoms with Crippen molar-refractivity contribution in [2.45, 2.75) is 39.3 Å². The van der Waals surface area contributed by atoms with Crippen molar-refractivity contribution >= 4 is 5.82 Å². The van der Waals surface area contributed by atoms with Gasteiger partial charge in [0.15, 0.2) is 0 Å². The number of hydrogen-bond acceptors (Lipinski definition) is 5. The first-order chi connectivity index (χ1) is 13.2. The minimum atomic E-state index is 0.289. The highest BCUT2D eigenvalue weighted by molar-refractivity contribution is 5.70. The summed E-state index contributed by atoms with van der Waals surface area (Å²) < 4.78 is 10.2. The molecule has 2 aliphatic heterocycles. The second-order valence-electron chi connectivity index (χ2n) is 7.48. The van der Waals surface area contributed by atoms with Crippen LogP contribution in [0.25, 0.3) is 22.8 Å². The van der Waals surface area contributed by atoms with Gasteiger partial charge in [-0.25, -0.2) is 9.97 Å². The van der Waals surface area contributed by atoms with E-state index in [-0.39, 0.29) is 6.04 Å². The molecule has 2 aliphatic rings. The zero-order valence-corrected chi connectivity index (χ0v) is 15.8. The molecule has 1 fully saturated rings. The van der Waals surface area contributed by atoms with Gasteiger partial charge in [0, 0.05) is 43.8 Å². The van der Waals surface area contributed by atoms with E-state index in [1.54, 1.807) is 0 Å². The lowest BCUT2D eigenvalue weighted by molar-refractivity contribution is 0.306. The van der Waals surface area contributed by atoms with Gasteiger partial charge in [0.25, 0.3) is 0 Å². The molecule has 0 spiro atoms. The molecule has 0 radical (unpaired) electrons. The summed E-state index contributed by atoms with van der Waals surface area (Å²) in [5, 5.41) is 4.44. The number of anilines is 1. The highest BCUT2D eigenvalue weighted by Gasteiger charge is 2.23. The number of ether oxygens (including phenoxy) is 1. The third-order valence-electron chi connectivity index (χ3n) is 5.31. The van der Waals surface area contributed by atoms with E-state index in [4.69, 9.17) is 14.7 Å². The third kappa shape index (κ3) is 2.78. The van der Waals surface area contributed by atoms with Crippen molar-refractivity contribution < 1.29 is 4.74 Å². The van der Waals surface area contributed by atoms with Crippen LogP contribution in [0.4, 0.5) is 5.82 Å². The van der Waals surface area contributed by atoms with Crippen LogP contribution in [-0.4, -0.2) is 44.0 Å². The van der Waals surface area contributed by atoms with Crippen LogP contribution < -0.4 is 9.64 Å². The molecule has 3 aromatic heterocycles. The molecule has 7 heteroatoms. The maximum atomic E-state index is 6.04. The molecule has 3 aromatic rings. The average molecular weight is 364 g/mol. The van der Waals surface area contributed by atoms with E-state index >= 15 is 0 Å². The van der Waals surface area contributed by atoms with Gasteiger partial charge in [0.1, 0.15) is 29.7 Å². The molecule has 0 N–H and O–H groups in total. The second-order valence-corrected chi connectivity index (χ2v) is 7.48. The summed E-state index contributed by atoms with van der Waals surface area (Å²) in [5.74, 6) is 2.79.